The van der Waals surface area contributed by atoms with Gasteiger partial charge in [0.15, 0.2) is 0 Å². The highest BCUT2D eigenvalue weighted by Crippen LogP contribution is 2.29. The number of carbonyl (C=O) groups excluding carboxylic acids is 1. The van der Waals surface area contributed by atoms with Crippen LogP contribution in [0.3, 0.4) is 0 Å². The highest BCUT2D eigenvalue weighted by atomic mass is 35.5. The van der Waals surface area contributed by atoms with Crippen LogP contribution in [0.5, 0.6) is 0 Å². The van der Waals surface area contributed by atoms with Crippen LogP contribution in [0.4, 0.5) is 0 Å². The van der Waals surface area contributed by atoms with Gasteiger partial charge in [-0.05, 0) is 55.5 Å². The second-order valence-electron chi connectivity index (χ2n) is 6.24. The van der Waals surface area contributed by atoms with E-state index in [1.807, 2.05) is 25.3 Å². The third-order valence-corrected chi connectivity index (χ3v) is 4.59. The molecule has 0 radical (unpaired) electrons. The Hall–Kier alpha value is -2.59. The first-order chi connectivity index (χ1) is 12.0. The lowest BCUT2D eigenvalue weighted by Crippen LogP contribution is -2.23. The minimum absolute atomic E-state index is 0.152. The van der Waals surface area contributed by atoms with Crippen LogP contribution in [0.25, 0.3) is 16.6 Å². The topological polar surface area (TPSA) is 57.8 Å². The van der Waals surface area contributed by atoms with Crippen LogP contribution in [0.15, 0.2) is 60.1 Å². The fourth-order valence-electron chi connectivity index (χ4n) is 2.71. The Balaban J connectivity index is 1.87. The van der Waals surface area contributed by atoms with E-state index in [-0.39, 0.29) is 5.91 Å². The van der Waals surface area contributed by atoms with E-state index in [1.165, 1.54) is 5.57 Å². The number of nitrogens with one attached hydrogen (secondary N) is 2. The van der Waals surface area contributed by atoms with Gasteiger partial charge < -0.3 is 10.3 Å². The van der Waals surface area contributed by atoms with Gasteiger partial charge in [-0.1, -0.05) is 30.3 Å². The van der Waals surface area contributed by atoms with Crippen LogP contribution in [0, 0.1) is 0 Å². The van der Waals surface area contributed by atoms with Gasteiger partial charge in [-0.15, -0.1) is 0 Å². The molecule has 0 bridgehead atoms. The monoisotopic (exact) mass is 353 g/mol. The molecule has 2 aromatic heterocycles. The van der Waals surface area contributed by atoms with Crippen LogP contribution in [0.1, 0.15) is 32.3 Å². The fourth-order valence-corrected chi connectivity index (χ4v) is 2.91. The molecule has 4 nitrogen and oxygen atoms in total. The number of amides is 1. The number of pyridine rings is 1. The number of allylic oxidation sites excluding steroid dienone is 5. The summed E-state index contributed by atoms with van der Waals surface area (Å²) in [5.41, 5.74) is 5.50. The molecule has 2 N–H and O–H groups in total. The Labute approximate surface area is 152 Å². The van der Waals surface area contributed by atoms with E-state index in [1.54, 1.807) is 13.1 Å². The highest BCUT2D eigenvalue weighted by molar-refractivity contribution is 6.35. The van der Waals surface area contributed by atoms with E-state index in [4.69, 9.17) is 11.6 Å². The summed E-state index contributed by atoms with van der Waals surface area (Å²) in [5, 5.41) is 4.51. The van der Waals surface area contributed by atoms with Gasteiger partial charge in [0.2, 0.25) is 0 Å². The number of hydrogen-bond donors (Lipinski definition) is 2. The molecule has 25 heavy (non-hydrogen) atoms. The van der Waals surface area contributed by atoms with Crippen LogP contribution in [-0.2, 0) is 4.79 Å². The number of aromatic nitrogens is 2. The van der Waals surface area contributed by atoms with Crippen molar-refractivity contribution in [2.75, 3.05) is 0 Å². The summed E-state index contributed by atoms with van der Waals surface area (Å²) in [6.07, 6.45) is 11.2. The first-order valence-electron chi connectivity index (χ1n) is 8.12. The van der Waals surface area contributed by atoms with Gasteiger partial charge in [0, 0.05) is 29.1 Å². The molecule has 3 rings (SSSR count). The fraction of sp³-hybridized carbons (Fsp3) is 0.200. The molecule has 0 unspecified atom stereocenters. The lowest BCUT2D eigenvalue weighted by Gasteiger charge is -2.14. The van der Waals surface area contributed by atoms with Crippen molar-refractivity contribution in [3.8, 4) is 0 Å². The van der Waals surface area contributed by atoms with Crippen molar-refractivity contribution in [1.82, 2.24) is 15.3 Å². The molecule has 1 aliphatic rings. The van der Waals surface area contributed by atoms with Crippen molar-refractivity contribution >= 4 is 34.1 Å². The maximum Gasteiger partial charge on any atom is 0.250 e. The number of rotatable bonds is 3. The van der Waals surface area contributed by atoms with Gasteiger partial charge in [0.05, 0.1) is 5.02 Å². The molecule has 0 atom stereocenters. The molecule has 2 heterocycles. The summed E-state index contributed by atoms with van der Waals surface area (Å²) in [6, 6.07) is 2.06. The van der Waals surface area contributed by atoms with Gasteiger partial charge in [-0.2, -0.15) is 0 Å². The molecule has 0 aliphatic heterocycles. The molecular weight excluding hydrogens is 334 g/mol. The molecular formula is C20H20ClN3O. The van der Waals surface area contributed by atoms with Crippen LogP contribution in [0.2, 0.25) is 5.02 Å². The van der Waals surface area contributed by atoms with E-state index in [9.17, 15) is 4.79 Å². The van der Waals surface area contributed by atoms with Gasteiger partial charge in [-0.3, -0.25) is 4.79 Å². The third-order valence-electron chi connectivity index (χ3n) is 4.28. The number of halogens is 1. The SMILES string of the molecule is C=C(C)C(=O)NC1=C(C)CCC(c2cnc3[nH]cc(Cl)c3c2)=CC=C1. The minimum atomic E-state index is -0.152. The zero-order valence-corrected chi connectivity index (χ0v) is 15.1. The van der Waals surface area contributed by atoms with E-state index in [0.717, 1.165) is 40.7 Å². The zero-order chi connectivity index (χ0) is 18.0. The minimum Gasteiger partial charge on any atom is -0.345 e. The largest absolute Gasteiger partial charge is 0.345 e. The molecule has 1 aliphatic carbocycles. The molecule has 0 saturated heterocycles. The second-order valence-corrected chi connectivity index (χ2v) is 6.64. The van der Waals surface area contributed by atoms with Crippen LogP contribution in [-0.4, -0.2) is 15.9 Å². The maximum atomic E-state index is 11.9. The van der Waals surface area contributed by atoms with Crippen molar-refractivity contribution in [1.29, 1.82) is 0 Å². The molecule has 128 valence electrons. The van der Waals surface area contributed by atoms with E-state index >= 15 is 0 Å². The number of carbonyl (C=O) groups is 1. The molecule has 1 amide bonds. The van der Waals surface area contributed by atoms with Crippen LogP contribution >= 0.6 is 11.6 Å². The molecule has 0 saturated carbocycles. The molecule has 2 aromatic rings. The summed E-state index contributed by atoms with van der Waals surface area (Å²) < 4.78 is 0. The summed E-state index contributed by atoms with van der Waals surface area (Å²) in [5.74, 6) is -0.152. The van der Waals surface area contributed by atoms with E-state index < -0.39 is 0 Å². The third kappa shape index (κ3) is 3.74. The van der Waals surface area contributed by atoms with E-state index in [2.05, 4.69) is 34.0 Å². The molecule has 5 heteroatoms. The van der Waals surface area contributed by atoms with Crippen molar-refractivity contribution in [3.63, 3.8) is 0 Å². The van der Waals surface area contributed by atoms with Gasteiger partial charge in [-0.25, -0.2) is 4.98 Å². The predicted molar refractivity (Wildman–Crippen MR) is 103 cm³/mol. The van der Waals surface area contributed by atoms with Gasteiger partial charge in [0.25, 0.3) is 5.91 Å². The number of nitrogens with zero attached hydrogens (tertiary/aromatic N) is 1. The Morgan fingerprint density at radius 2 is 2.20 bits per heavy atom. The number of aromatic amines is 1. The Bertz CT molecular complexity index is 947. The lowest BCUT2D eigenvalue weighted by atomic mass is 9.96. The van der Waals surface area contributed by atoms with Crippen molar-refractivity contribution in [2.45, 2.75) is 26.7 Å². The number of H-pyrrole nitrogens is 1. The predicted octanol–water partition coefficient (Wildman–Crippen LogP) is 4.92. The second kappa shape index (κ2) is 7.11. The Morgan fingerprint density at radius 1 is 1.40 bits per heavy atom. The van der Waals surface area contributed by atoms with Crippen LogP contribution < -0.4 is 5.32 Å². The normalized spacial score (nSPS) is 14.9. The molecule has 0 fully saturated rings. The average Bonchev–Trinajstić information content (AvgIpc) is 2.95. The molecule has 0 aromatic carbocycles. The van der Waals surface area contributed by atoms with Crippen molar-refractivity contribution in [3.05, 3.63) is 70.7 Å². The van der Waals surface area contributed by atoms with E-state index in [0.29, 0.717) is 10.6 Å². The molecule has 0 spiro atoms. The zero-order valence-electron chi connectivity index (χ0n) is 14.3. The summed E-state index contributed by atoms with van der Waals surface area (Å²) >= 11 is 6.20. The maximum absolute atomic E-state index is 11.9. The number of hydrogen-bond acceptors (Lipinski definition) is 2. The average molecular weight is 354 g/mol. The quantitative estimate of drug-likeness (QED) is 0.770. The first-order valence-corrected chi connectivity index (χ1v) is 8.50. The lowest BCUT2D eigenvalue weighted by molar-refractivity contribution is -0.116. The standard InChI is InChI=1S/C20H20ClN3O/c1-12(2)20(25)24-18-6-4-5-14(8-7-13(18)3)15-9-16-17(21)11-23-19(16)22-10-15/h4-6,9-11H,1,7-8H2,2-3H3,(H,22,23)(H,24,25). The van der Waals surface area contributed by atoms with Crippen molar-refractivity contribution in [2.24, 2.45) is 0 Å². The number of fused-ring (bicyclic) bond motifs is 1. The highest BCUT2D eigenvalue weighted by Gasteiger charge is 2.11. The smallest absolute Gasteiger partial charge is 0.250 e. The summed E-state index contributed by atoms with van der Waals surface area (Å²) in [7, 11) is 0. The Kier molecular flexibility index (Phi) is 4.91. The van der Waals surface area contributed by atoms with Gasteiger partial charge >= 0.3 is 0 Å². The van der Waals surface area contributed by atoms with Gasteiger partial charge in [0.1, 0.15) is 5.65 Å². The summed E-state index contributed by atoms with van der Waals surface area (Å²) in [6.45, 7) is 7.41. The Morgan fingerprint density at radius 3 is 2.96 bits per heavy atom. The first kappa shape index (κ1) is 17.2. The van der Waals surface area contributed by atoms with Crippen molar-refractivity contribution < 1.29 is 4.79 Å². The summed E-state index contributed by atoms with van der Waals surface area (Å²) in [4.78, 5) is 19.3.